The lowest BCUT2D eigenvalue weighted by molar-refractivity contribution is -0.143. The summed E-state index contributed by atoms with van der Waals surface area (Å²) in [6.45, 7) is 1.29. The smallest absolute Gasteiger partial charge is 0.348 e. The highest BCUT2D eigenvalue weighted by Crippen LogP contribution is 2.36. The van der Waals surface area contributed by atoms with Gasteiger partial charge in [-0.2, -0.15) is 26.3 Å². The summed E-state index contributed by atoms with van der Waals surface area (Å²) in [4.78, 5) is 12.5. The maximum Gasteiger partial charge on any atom is 0.416 e. The first kappa shape index (κ1) is 28.3. The Labute approximate surface area is 225 Å². The lowest BCUT2D eigenvalue weighted by atomic mass is 10.0. The molecule has 38 heavy (non-hydrogen) atoms. The molecule has 11 heteroatoms. The Bertz CT molecular complexity index is 1260. The van der Waals surface area contributed by atoms with Crippen molar-refractivity contribution < 1.29 is 31.1 Å². The van der Waals surface area contributed by atoms with Gasteiger partial charge in [0.25, 0.3) is 5.91 Å². The number of carbonyl (C=O) groups is 1. The molecular formula is C27H23ClF6N2OS. The molecule has 3 aromatic rings. The number of hydrogen-bond acceptors (Lipinski definition) is 3. The third-order valence-corrected chi connectivity index (χ3v) is 7.59. The summed E-state index contributed by atoms with van der Waals surface area (Å²) in [5, 5.41) is 3.13. The van der Waals surface area contributed by atoms with Gasteiger partial charge in [0, 0.05) is 36.0 Å². The number of benzene rings is 3. The molecule has 0 atom stereocenters. The molecule has 0 radical (unpaired) electrons. The van der Waals surface area contributed by atoms with Crippen molar-refractivity contribution in [3.05, 3.63) is 105 Å². The topological polar surface area (TPSA) is 32.3 Å². The molecule has 1 aliphatic rings. The van der Waals surface area contributed by atoms with E-state index in [1.165, 1.54) is 11.1 Å². The van der Waals surface area contributed by atoms with Gasteiger partial charge in [-0.1, -0.05) is 41.7 Å². The van der Waals surface area contributed by atoms with Crippen molar-refractivity contribution in [2.24, 2.45) is 0 Å². The van der Waals surface area contributed by atoms with Gasteiger partial charge in [-0.05, 0) is 77.6 Å². The molecule has 1 amide bonds. The van der Waals surface area contributed by atoms with E-state index in [2.05, 4.69) is 15.7 Å². The molecule has 1 N–H and O–H groups in total. The number of hydrogen-bond donors (Lipinski definition) is 1. The van der Waals surface area contributed by atoms with Crippen LogP contribution < -0.4 is 5.32 Å². The highest BCUT2D eigenvalue weighted by Gasteiger charge is 2.36. The molecule has 0 saturated heterocycles. The highest BCUT2D eigenvalue weighted by atomic mass is 35.5. The van der Waals surface area contributed by atoms with Crippen molar-refractivity contribution in [2.45, 2.75) is 37.5 Å². The number of rotatable bonds is 6. The third kappa shape index (κ3) is 7.45. The molecular weight excluding hydrogens is 550 g/mol. The SMILES string of the molecule is O=C(NCc1cc(C(F)(F)F)cc(C(F)(F)F)c1)c1ccc(CSN2CCc3ccc(Cl)cc3CC2)cc1. The zero-order valence-electron chi connectivity index (χ0n) is 19.9. The van der Waals surface area contributed by atoms with Crippen LogP contribution in [0, 0.1) is 0 Å². The second kappa shape index (κ2) is 11.6. The standard InChI is InChI=1S/C27H23ClF6N2OS/c28-24-6-5-19-7-9-36(10-8-21(19)13-24)38-16-17-1-3-20(4-2-17)25(37)35-15-18-11-22(26(29,30)31)14-23(12-18)27(32,33)34/h1-6,11-14H,7-10,15-16H2,(H,35,37). The molecule has 0 spiro atoms. The number of fused-ring (bicyclic) bond motifs is 1. The van der Waals surface area contributed by atoms with Crippen LogP contribution in [0.2, 0.25) is 5.02 Å². The summed E-state index contributed by atoms with van der Waals surface area (Å²) in [5.74, 6) is 0.0859. The monoisotopic (exact) mass is 572 g/mol. The van der Waals surface area contributed by atoms with Crippen LogP contribution in [0.15, 0.2) is 60.7 Å². The third-order valence-electron chi connectivity index (χ3n) is 6.16. The maximum absolute atomic E-state index is 13.1. The first-order chi connectivity index (χ1) is 17.9. The molecule has 4 rings (SSSR count). The molecule has 3 aromatic carbocycles. The summed E-state index contributed by atoms with van der Waals surface area (Å²) in [7, 11) is 0. The Morgan fingerprint density at radius 2 is 1.42 bits per heavy atom. The van der Waals surface area contributed by atoms with Crippen molar-refractivity contribution in [2.75, 3.05) is 13.1 Å². The molecule has 1 aliphatic heterocycles. The number of alkyl halides is 6. The summed E-state index contributed by atoms with van der Waals surface area (Å²) < 4.78 is 80.6. The van der Waals surface area contributed by atoms with Crippen LogP contribution in [-0.4, -0.2) is 23.3 Å². The Morgan fingerprint density at radius 1 is 0.816 bits per heavy atom. The first-order valence-corrected chi connectivity index (χ1v) is 13.0. The highest BCUT2D eigenvalue weighted by molar-refractivity contribution is 7.96. The molecule has 0 saturated carbocycles. The number of amides is 1. The normalized spacial score (nSPS) is 14.6. The minimum Gasteiger partial charge on any atom is -0.348 e. The van der Waals surface area contributed by atoms with Crippen molar-refractivity contribution in [1.29, 1.82) is 0 Å². The van der Waals surface area contributed by atoms with E-state index in [0.717, 1.165) is 36.5 Å². The van der Waals surface area contributed by atoms with Gasteiger partial charge in [-0.3, -0.25) is 4.79 Å². The van der Waals surface area contributed by atoms with Gasteiger partial charge in [-0.25, -0.2) is 4.31 Å². The van der Waals surface area contributed by atoms with Gasteiger partial charge in [0.15, 0.2) is 0 Å². The second-order valence-electron chi connectivity index (χ2n) is 8.91. The van der Waals surface area contributed by atoms with Gasteiger partial charge in [0.05, 0.1) is 11.1 Å². The number of carbonyl (C=O) groups excluding carboxylic acids is 1. The lowest BCUT2D eigenvalue weighted by Crippen LogP contribution is -2.23. The van der Waals surface area contributed by atoms with Crippen molar-refractivity contribution in [3.63, 3.8) is 0 Å². The van der Waals surface area contributed by atoms with Crippen molar-refractivity contribution >= 4 is 29.5 Å². The Balaban J connectivity index is 1.32. The van der Waals surface area contributed by atoms with E-state index in [1.54, 1.807) is 36.2 Å². The predicted molar refractivity (Wildman–Crippen MR) is 136 cm³/mol. The molecule has 0 aliphatic carbocycles. The molecule has 0 bridgehead atoms. The maximum atomic E-state index is 13.1. The fraction of sp³-hybridized carbons (Fsp3) is 0.296. The van der Waals surface area contributed by atoms with E-state index in [4.69, 9.17) is 11.6 Å². The Morgan fingerprint density at radius 3 is 2.03 bits per heavy atom. The molecule has 0 fully saturated rings. The van der Waals surface area contributed by atoms with Crippen LogP contribution in [0.25, 0.3) is 0 Å². The van der Waals surface area contributed by atoms with Crippen LogP contribution in [-0.2, 0) is 37.5 Å². The quantitative estimate of drug-likeness (QED) is 0.244. The van der Waals surface area contributed by atoms with Gasteiger partial charge in [-0.15, -0.1) is 0 Å². The lowest BCUT2D eigenvalue weighted by Gasteiger charge is -2.18. The summed E-state index contributed by atoms with van der Waals surface area (Å²) >= 11 is 7.79. The van der Waals surface area contributed by atoms with Gasteiger partial charge in [0.2, 0.25) is 0 Å². The fourth-order valence-corrected chi connectivity index (χ4v) is 5.29. The average Bonchev–Trinajstić information content (AvgIpc) is 3.07. The predicted octanol–water partition coefficient (Wildman–Crippen LogP) is 7.56. The number of nitrogens with zero attached hydrogens (tertiary/aromatic N) is 1. The Kier molecular flexibility index (Phi) is 8.64. The molecule has 0 unspecified atom stereocenters. The average molecular weight is 573 g/mol. The van der Waals surface area contributed by atoms with E-state index in [0.29, 0.717) is 17.9 Å². The number of nitrogens with one attached hydrogen (secondary N) is 1. The minimum atomic E-state index is -4.95. The molecule has 3 nitrogen and oxygen atoms in total. The summed E-state index contributed by atoms with van der Waals surface area (Å²) in [6.07, 6.45) is -8.06. The second-order valence-corrected chi connectivity index (χ2v) is 10.4. The van der Waals surface area contributed by atoms with Gasteiger partial charge >= 0.3 is 12.4 Å². The summed E-state index contributed by atoms with van der Waals surface area (Å²) in [6, 6.07) is 14.0. The summed E-state index contributed by atoms with van der Waals surface area (Å²) in [5.41, 5.74) is 0.651. The van der Waals surface area contributed by atoms with Crippen LogP contribution in [0.4, 0.5) is 26.3 Å². The Hall–Kier alpha value is -2.69. The van der Waals surface area contributed by atoms with Crippen molar-refractivity contribution in [3.8, 4) is 0 Å². The molecule has 202 valence electrons. The van der Waals surface area contributed by atoms with Crippen molar-refractivity contribution in [1.82, 2.24) is 9.62 Å². The van der Waals surface area contributed by atoms with Crippen LogP contribution >= 0.6 is 23.5 Å². The molecule has 0 aromatic heterocycles. The van der Waals surface area contributed by atoms with E-state index in [9.17, 15) is 31.1 Å². The van der Waals surface area contributed by atoms with Crippen LogP contribution in [0.5, 0.6) is 0 Å². The van der Waals surface area contributed by atoms with E-state index >= 15 is 0 Å². The van der Waals surface area contributed by atoms with Gasteiger partial charge < -0.3 is 5.32 Å². The minimum absolute atomic E-state index is 0.0577. The van der Waals surface area contributed by atoms with E-state index in [1.807, 2.05) is 12.1 Å². The zero-order valence-corrected chi connectivity index (χ0v) is 21.5. The zero-order chi connectivity index (χ0) is 27.5. The first-order valence-electron chi connectivity index (χ1n) is 11.7. The van der Waals surface area contributed by atoms with E-state index < -0.39 is 35.9 Å². The van der Waals surface area contributed by atoms with E-state index in [-0.39, 0.29) is 17.2 Å². The fourth-order valence-electron chi connectivity index (χ4n) is 4.13. The number of halogens is 7. The van der Waals surface area contributed by atoms with Crippen LogP contribution in [0.1, 0.15) is 43.7 Å². The molecule has 1 heterocycles. The van der Waals surface area contributed by atoms with Gasteiger partial charge in [0.1, 0.15) is 0 Å². The largest absolute Gasteiger partial charge is 0.416 e. The van der Waals surface area contributed by atoms with Crippen LogP contribution in [0.3, 0.4) is 0 Å².